The van der Waals surface area contributed by atoms with Gasteiger partial charge in [-0.25, -0.2) is 0 Å². The molecule has 2 heterocycles. The molecule has 0 aromatic carbocycles. The minimum atomic E-state index is -0.289. The predicted molar refractivity (Wildman–Crippen MR) is 97.9 cm³/mol. The van der Waals surface area contributed by atoms with Crippen molar-refractivity contribution >= 4 is 5.91 Å². The van der Waals surface area contributed by atoms with E-state index in [0.29, 0.717) is 23.4 Å². The van der Waals surface area contributed by atoms with Gasteiger partial charge < -0.3 is 10.0 Å². The number of fused-ring (bicyclic) bond motifs is 2. The van der Waals surface area contributed by atoms with Crippen molar-refractivity contribution in [3.05, 3.63) is 24.0 Å². The van der Waals surface area contributed by atoms with E-state index in [0.717, 1.165) is 51.7 Å². The maximum atomic E-state index is 13.4. The van der Waals surface area contributed by atoms with Gasteiger partial charge in [0.15, 0.2) is 0 Å². The monoisotopic (exact) mass is 358 g/mol. The Morgan fingerprint density at radius 3 is 2.65 bits per heavy atom. The van der Waals surface area contributed by atoms with Crippen molar-refractivity contribution in [1.82, 2.24) is 19.9 Å². The van der Waals surface area contributed by atoms with Gasteiger partial charge in [-0.3, -0.25) is 9.48 Å². The molecule has 1 aliphatic heterocycles. The quantitative estimate of drug-likeness (QED) is 0.839. The lowest BCUT2D eigenvalue weighted by Crippen LogP contribution is -2.47. The molecule has 1 saturated heterocycles. The molecule has 2 atom stereocenters. The summed E-state index contributed by atoms with van der Waals surface area (Å²) in [5.74, 6) is 1.45. The third-order valence-corrected chi connectivity index (χ3v) is 7.39. The van der Waals surface area contributed by atoms with Gasteiger partial charge in [-0.05, 0) is 49.4 Å². The first-order valence-corrected chi connectivity index (χ1v) is 9.86. The maximum Gasteiger partial charge on any atom is 0.232 e. The molecule has 0 spiro atoms. The van der Waals surface area contributed by atoms with Crippen LogP contribution in [0.1, 0.15) is 51.6 Å². The summed E-state index contributed by atoms with van der Waals surface area (Å²) in [6.07, 6.45) is 6.94. The Labute approximate surface area is 155 Å². The SMILES string of the molecule is C=C1C(C)(C)[C@@H]2CC[C@]1(C(=O)N1CCC(Cn3cc(CO)nn3)CC1)C2. The summed E-state index contributed by atoms with van der Waals surface area (Å²) in [4.78, 5) is 15.5. The van der Waals surface area contributed by atoms with Crippen molar-refractivity contribution in [2.45, 2.75) is 59.1 Å². The molecule has 26 heavy (non-hydrogen) atoms. The van der Waals surface area contributed by atoms with Crippen molar-refractivity contribution in [2.24, 2.45) is 22.7 Å². The fraction of sp³-hybridized carbons (Fsp3) is 0.750. The van der Waals surface area contributed by atoms with Gasteiger partial charge in [-0.2, -0.15) is 0 Å². The molecule has 1 aromatic heterocycles. The molecule has 2 bridgehead atoms. The second-order valence-electron chi connectivity index (χ2n) is 9.05. The first-order chi connectivity index (χ1) is 12.4. The number of aromatic nitrogens is 3. The highest BCUT2D eigenvalue weighted by molar-refractivity contribution is 5.87. The van der Waals surface area contributed by atoms with E-state index in [1.165, 1.54) is 5.57 Å². The molecule has 3 fully saturated rings. The third kappa shape index (κ3) is 2.61. The third-order valence-electron chi connectivity index (χ3n) is 7.39. The van der Waals surface area contributed by atoms with Crippen molar-refractivity contribution in [2.75, 3.05) is 13.1 Å². The number of aliphatic hydroxyl groups is 1. The fourth-order valence-corrected chi connectivity index (χ4v) is 5.51. The van der Waals surface area contributed by atoms with Crippen LogP contribution in [0.15, 0.2) is 18.3 Å². The van der Waals surface area contributed by atoms with Crippen LogP contribution < -0.4 is 0 Å². The summed E-state index contributed by atoms with van der Waals surface area (Å²) in [6, 6.07) is 0. The van der Waals surface area contributed by atoms with Crippen LogP contribution in [0.5, 0.6) is 0 Å². The maximum absolute atomic E-state index is 13.4. The van der Waals surface area contributed by atoms with Crippen molar-refractivity contribution < 1.29 is 9.90 Å². The molecular formula is C20H30N4O2. The molecule has 2 saturated carbocycles. The van der Waals surface area contributed by atoms with Gasteiger partial charge in [-0.1, -0.05) is 31.2 Å². The molecule has 3 aliphatic rings. The lowest BCUT2D eigenvalue weighted by molar-refractivity contribution is -0.141. The topological polar surface area (TPSA) is 71.2 Å². The minimum Gasteiger partial charge on any atom is -0.390 e. The van der Waals surface area contributed by atoms with Gasteiger partial charge in [0.25, 0.3) is 0 Å². The summed E-state index contributed by atoms with van der Waals surface area (Å²) in [6.45, 7) is 11.3. The van der Waals surface area contributed by atoms with Gasteiger partial charge in [0.2, 0.25) is 5.91 Å². The van der Waals surface area contributed by atoms with Gasteiger partial charge in [0, 0.05) is 19.6 Å². The van der Waals surface area contributed by atoms with Crippen LogP contribution in [-0.4, -0.2) is 44.0 Å². The highest BCUT2D eigenvalue weighted by atomic mass is 16.3. The van der Waals surface area contributed by atoms with Crippen LogP contribution in [0, 0.1) is 22.7 Å². The summed E-state index contributed by atoms with van der Waals surface area (Å²) < 4.78 is 1.81. The average molecular weight is 358 g/mol. The molecule has 6 heteroatoms. The lowest BCUT2D eigenvalue weighted by atomic mass is 9.68. The summed E-state index contributed by atoms with van der Waals surface area (Å²) in [5, 5.41) is 17.1. The molecule has 1 N–H and O–H groups in total. The first kappa shape index (κ1) is 17.7. The largest absolute Gasteiger partial charge is 0.390 e. The molecular weight excluding hydrogens is 328 g/mol. The highest BCUT2D eigenvalue weighted by Gasteiger charge is 2.61. The van der Waals surface area contributed by atoms with Crippen LogP contribution in [0.3, 0.4) is 0 Å². The molecule has 4 rings (SSSR count). The Morgan fingerprint density at radius 1 is 1.35 bits per heavy atom. The van der Waals surface area contributed by atoms with Gasteiger partial charge in [0.1, 0.15) is 5.69 Å². The highest BCUT2D eigenvalue weighted by Crippen LogP contribution is 2.66. The van der Waals surface area contributed by atoms with Crippen molar-refractivity contribution in [1.29, 1.82) is 0 Å². The minimum absolute atomic E-state index is 0.0732. The predicted octanol–water partition coefficient (Wildman–Crippen LogP) is 2.39. The number of likely N-dealkylation sites (tertiary alicyclic amines) is 1. The van der Waals surface area contributed by atoms with Crippen LogP contribution in [-0.2, 0) is 17.9 Å². The Bertz CT molecular complexity index is 717. The number of nitrogens with zero attached hydrogens (tertiary/aromatic N) is 4. The molecule has 1 aromatic rings. The van der Waals surface area contributed by atoms with Gasteiger partial charge >= 0.3 is 0 Å². The van der Waals surface area contributed by atoms with E-state index in [2.05, 4.69) is 35.6 Å². The van der Waals surface area contributed by atoms with Crippen LogP contribution in [0.2, 0.25) is 0 Å². The van der Waals surface area contributed by atoms with Crippen LogP contribution >= 0.6 is 0 Å². The van der Waals surface area contributed by atoms with E-state index >= 15 is 0 Å². The number of rotatable bonds is 4. The van der Waals surface area contributed by atoms with E-state index in [1.807, 2.05) is 4.68 Å². The number of amides is 1. The number of hydrogen-bond donors (Lipinski definition) is 1. The van der Waals surface area contributed by atoms with Gasteiger partial charge in [-0.15, -0.1) is 5.10 Å². The molecule has 142 valence electrons. The number of piperidine rings is 1. The number of carbonyl (C=O) groups excluding carboxylic acids is 1. The second-order valence-corrected chi connectivity index (χ2v) is 9.05. The Hall–Kier alpha value is -1.69. The smallest absolute Gasteiger partial charge is 0.232 e. The van der Waals surface area contributed by atoms with Crippen molar-refractivity contribution in [3.63, 3.8) is 0 Å². The molecule has 1 amide bonds. The van der Waals surface area contributed by atoms with E-state index < -0.39 is 0 Å². The fourth-order valence-electron chi connectivity index (χ4n) is 5.51. The average Bonchev–Trinajstić information content (AvgIpc) is 3.32. The molecule has 6 nitrogen and oxygen atoms in total. The summed E-state index contributed by atoms with van der Waals surface area (Å²) >= 11 is 0. The Kier molecular flexibility index (Phi) is 4.21. The Morgan fingerprint density at radius 2 is 2.08 bits per heavy atom. The van der Waals surface area contributed by atoms with E-state index in [1.54, 1.807) is 6.20 Å². The second kappa shape index (κ2) is 6.19. The standard InChI is InChI=1S/C20H30N4O2/c1-14-19(2,3)16-4-7-20(14,10-16)18(26)23-8-5-15(6-9-23)11-24-12-17(13-25)21-22-24/h12,15-16,25H,1,4-11,13H2,2-3H3/t16-,20+/m1/s1. The Balaban J connectivity index is 1.37. The summed E-state index contributed by atoms with van der Waals surface area (Å²) in [7, 11) is 0. The molecule has 0 unspecified atom stereocenters. The van der Waals surface area contributed by atoms with E-state index in [9.17, 15) is 4.79 Å². The number of carbonyl (C=O) groups is 1. The number of hydrogen-bond acceptors (Lipinski definition) is 4. The summed E-state index contributed by atoms with van der Waals surface area (Å²) in [5.41, 5.74) is 1.59. The molecule has 0 radical (unpaired) electrons. The zero-order valence-electron chi connectivity index (χ0n) is 15.9. The number of aliphatic hydroxyl groups excluding tert-OH is 1. The zero-order chi connectivity index (χ0) is 18.5. The zero-order valence-corrected chi connectivity index (χ0v) is 15.9. The van der Waals surface area contributed by atoms with Gasteiger partial charge in [0.05, 0.1) is 18.2 Å². The lowest BCUT2D eigenvalue weighted by Gasteiger charge is -2.41. The first-order valence-electron chi connectivity index (χ1n) is 9.86. The van der Waals surface area contributed by atoms with E-state index in [-0.39, 0.29) is 17.4 Å². The normalized spacial score (nSPS) is 31.0. The van der Waals surface area contributed by atoms with Crippen LogP contribution in [0.25, 0.3) is 0 Å². The van der Waals surface area contributed by atoms with E-state index in [4.69, 9.17) is 5.11 Å². The van der Waals surface area contributed by atoms with Crippen LogP contribution in [0.4, 0.5) is 0 Å². The van der Waals surface area contributed by atoms with Crippen molar-refractivity contribution in [3.8, 4) is 0 Å². The molecule has 2 aliphatic carbocycles.